The Morgan fingerprint density at radius 3 is 1.97 bits per heavy atom. The van der Waals surface area contributed by atoms with Crippen LogP contribution in [0.15, 0.2) is 54.6 Å². The maximum absolute atomic E-state index is 12.7. The Morgan fingerprint density at radius 1 is 0.862 bits per heavy atom. The summed E-state index contributed by atoms with van der Waals surface area (Å²) >= 11 is 0. The molecule has 2 aromatic carbocycles. The summed E-state index contributed by atoms with van der Waals surface area (Å²) in [5.74, 6) is -0.0911. The SMILES string of the molecule is CCS(=O)(=O)N1CCN(C(=O)c2ccc(NC(=O)Nc3ccccc3)cc2)CC1. The van der Waals surface area contributed by atoms with Crippen LogP contribution in [0.2, 0.25) is 0 Å². The Labute approximate surface area is 170 Å². The number of rotatable bonds is 5. The maximum atomic E-state index is 12.7. The van der Waals surface area contributed by atoms with E-state index in [4.69, 9.17) is 0 Å². The molecule has 2 N–H and O–H groups in total. The van der Waals surface area contributed by atoms with Gasteiger partial charge in [-0.25, -0.2) is 13.2 Å². The number of anilines is 2. The molecule has 9 heteroatoms. The van der Waals surface area contributed by atoms with E-state index in [1.165, 1.54) is 4.31 Å². The molecule has 0 radical (unpaired) electrons. The van der Waals surface area contributed by atoms with Crippen LogP contribution in [-0.2, 0) is 10.0 Å². The lowest BCUT2D eigenvalue weighted by molar-refractivity contribution is 0.0698. The number of hydrogen-bond acceptors (Lipinski definition) is 4. The van der Waals surface area contributed by atoms with Gasteiger partial charge < -0.3 is 15.5 Å². The number of urea groups is 1. The number of carbonyl (C=O) groups excluding carboxylic acids is 2. The van der Waals surface area contributed by atoms with Gasteiger partial charge in [-0.05, 0) is 43.3 Å². The van der Waals surface area contributed by atoms with E-state index in [-0.39, 0.29) is 17.7 Å². The average molecular weight is 417 g/mol. The van der Waals surface area contributed by atoms with Gasteiger partial charge in [-0.15, -0.1) is 0 Å². The van der Waals surface area contributed by atoms with Crippen molar-refractivity contribution in [2.45, 2.75) is 6.92 Å². The summed E-state index contributed by atoms with van der Waals surface area (Å²) in [6, 6.07) is 15.3. The molecule has 1 fully saturated rings. The highest BCUT2D eigenvalue weighted by Crippen LogP contribution is 2.15. The molecule has 0 aliphatic carbocycles. The molecule has 154 valence electrons. The number of para-hydroxylation sites is 1. The van der Waals surface area contributed by atoms with Crippen molar-refractivity contribution < 1.29 is 18.0 Å². The number of piperazine rings is 1. The number of amides is 3. The van der Waals surface area contributed by atoms with E-state index in [1.54, 1.807) is 48.2 Å². The molecular weight excluding hydrogens is 392 g/mol. The maximum Gasteiger partial charge on any atom is 0.323 e. The molecule has 0 aromatic heterocycles. The largest absolute Gasteiger partial charge is 0.336 e. The summed E-state index contributed by atoms with van der Waals surface area (Å²) in [6.45, 7) is 2.94. The summed E-state index contributed by atoms with van der Waals surface area (Å²) in [5.41, 5.74) is 1.74. The third kappa shape index (κ3) is 5.33. The van der Waals surface area contributed by atoms with Crippen molar-refractivity contribution in [3.05, 3.63) is 60.2 Å². The lowest BCUT2D eigenvalue weighted by Gasteiger charge is -2.33. The molecule has 1 saturated heterocycles. The summed E-state index contributed by atoms with van der Waals surface area (Å²) in [4.78, 5) is 26.3. The van der Waals surface area contributed by atoms with Crippen LogP contribution >= 0.6 is 0 Å². The van der Waals surface area contributed by atoms with Crippen LogP contribution in [0.5, 0.6) is 0 Å². The molecule has 0 atom stereocenters. The zero-order valence-electron chi connectivity index (χ0n) is 16.2. The molecule has 8 nitrogen and oxygen atoms in total. The highest BCUT2D eigenvalue weighted by Gasteiger charge is 2.28. The van der Waals surface area contributed by atoms with Gasteiger partial charge in [0.1, 0.15) is 0 Å². The number of carbonyl (C=O) groups is 2. The van der Waals surface area contributed by atoms with E-state index in [9.17, 15) is 18.0 Å². The molecule has 3 rings (SSSR count). The standard InChI is InChI=1S/C20H24N4O4S/c1-2-29(27,28)24-14-12-23(13-15-24)19(25)16-8-10-18(11-9-16)22-20(26)21-17-6-4-3-5-7-17/h3-11H,2,12-15H2,1H3,(H2,21,22,26). The van der Waals surface area contributed by atoms with E-state index < -0.39 is 10.0 Å². The van der Waals surface area contributed by atoms with Crippen molar-refractivity contribution >= 4 is 33.3 Å². The van der Waals surface area contributed by atoms with Crippen LogP contribution in [-0.4, -0.2) is 61.5 Å². The van der Waals surface area contributed by atoms with Gasteiger partial charge in [-0.3, -0.25) is 4.79 Å². The Morgan fingerprint density at radius 2 is 1.41 bits per heavy atom. The quantitative estimate of drug-likeness (QED) is 0.782. The molecule has 1 heterocycles. The highest BCUT2D eigenvalue weighted by atomic mass is 32.2. The summed E-state index contributed by atoms with van der Waals surface area (Å²) in [6.07, 6.45) is 0. The number of nitrogens with one attached hydrogen (secondary N) is 2. The second-order valence-corrected chi connectivity index (χ2v) is 8.87. The second kappa shape index (κ2) is 9.06. The Kier molecular flexibility index (Phi) is 6.50. The van der Waals surface area contributed by atoms with Gasteiger partial charge in [0.25, 0.3) is 5.91 Å². The molecule has 1 aliphatic heterocycles. The average Bonchev–Trinajstić information content (AvgIpc) is 2.74. The van der Waals surface area contributed by atoms with Gasteiger partial charge in [0.2, 0.25) is 10.0 Å². The molecule has 29 heavy (non-hydrogen) atoms. The van der Waals surface area contributed by atoms with E-state index in [1.807, 2.05) is 18.2 Å². The first kappa shape index (κ1) is 20.8. The first-order valence-corrected chi connectivity index (χ1v) is 11.0. The van der Waals surface area contributed by atoms with Crippen LogP contribution in [0.4, 0.5) is 16.2 Å². The summed E-state index contributed by atoms with van der Waals surface area (Å²) < 4.78 is 25.3. The van der Waals surface area contributed by atoms with Gasteiger partial charge in [0, 0.05) is 43.1 Å². The molecular formula is C20H24N4O4S. The van der Waals surface area contributed by atoms with Gasteiger partial charge in [0.05, 0.1) is 5.75 Å². The van der Waals surface area contributed by atoms with Crippen molar-refractivity contribution in [2.24, 2.45) is 0 Å². The van der Waals surface area contributed by atoms with Crippen LogP contribution in [0.25, 0.3) is 0 Å². The van der Waals surface area contributed by atoms with E-state index in [0.29, 0.717) is 43.1 Å². The summed E-state index contributed by atoms with van der Waals surface area (Å²) in [7, 11) is -3.23. The van der Waals surface area contributed by atoms with Crippen LogP contribution in [0, 0.1) is 0 Å². The number of nitrogens with zero attached hydrogens (tertiary/aromatic N) is 2. The van der Waals surface area contributed by atoms with Crippen LogP contribution < -0.4 is 10.6 Å². The highest BCUT2D eigenvalue weighted by molar-refractivity contribution is 7.89. The van der Waals surface area contributed by atoms with E-state index in [0.717, 1.165) is 0 Å². The van der Waals surface area contributed by atoms with Crippen molar-refractivity contribution in [3.63, 3.8) is 0 Å². The molecule has 0 bridgehead atoms. The third-order valence-corrected chi connectivity index (χ3v) is 6.59. The van der Waals surface area contributed by atoms with E-state index in [2.05, 4.69) is 10.6 Å². The van der Waals surface area contributed by atoms with Gasteiger partial charge in [0.15, 0.2) is 0 Å². The Balaban J connectivity index is 1.55. The predicted octanol–water partition coefficient (Wildman–Crippen LogP) is 2.44. The monoisotopic (exact) mass is 416 g/mol. The van der Waals surface area contributed by atoms with Crippen molar-refractivity contribution in [3.8, 4) is 0 Å². The van der Waals surface area contributed by atoms with Crippen molar-refractivity contribution in [1.82, 2.24) is 9.21 Å². The van der Waals surface area contributed by atoms with Crippen LogP contribution in [0.1, 0.15) is 17.3 Å². The zero-order chi connectivity index (χ0) is 20.9. The fraction of sp³-hybridized carbons (Fsp3) is 0.300. The van der Waals surface area contributed by atoms with Gasteiger partial charge >= 0.3 is 6.03 Å². The zero-order valence-corrected chi connectivity index (χ0v) is 17.0. The van der Waals surface area contributed by atoms with Crippen molar-refractivity contribution in [2.75, 3.05) is 42.6 Å². The number of hydrogen-bond donors (Lipinski definition) is 2. The molecule has 1 aliphatic rings. The minimum Gasteiger partial charge on any atom is -0.336 e. The topological polar surface area (TPSA) is 98.8 Å². The smallest absolute Gasteiger partial charge is 0.323 e. The molecule has 0 saturated carbocycles. The molecule has 0 unspecified atom stereocenters. The molecule has 0 spiro atoms. The lowest BCUT2D eigenvalue weighted by atomic mass is 10.1. The number of benzene rings is 2. The molecule has 3 amide bonds. The fourth-order valence-corrected chi connectivity index (χ4v) is 4.13. The lowest BCUT2D eigenvalue weighted by Crippen LogP contribution is -2.50. The number of sulfonamides is 1. The van der Waals surface area contributed by atoms with E-state index >= 15 is 0 Å². The fourth-order valence-electron chi connectivity index (χ4n) is 3.05. The minimum absolute atomic E-state index is 0.0628. The predicted molar refractivity (Wildman–Crippen MR) is 112 cm³/mol. The van der Waals surface area contributed by atoms with Gasteiger partial charge in [-0.2, -0.15) is 4.31 Å². The Bertz CT molecular complexity index is 954. The van der Waals surface area contributed by atoms with Gasteiger partial charge in [-0.1, -0.05) is 18.2 Å². The summed E-state index contributed by atoms with van der Waals surface area (Å²) in [5, 5.41) is 5.44. The normalized spacial score (nSPS) is 15.0. The first-order chi connectivity index (χ1) is 13.9. The molecule has 2 aromatic rings. The second-order valence-electron chi connectivity index (χ2n) is 6.61. The Hall–Kier alpha value is -2.91. The first-order valence-electron chi connectivity index (χ1n) is 9.39. The van der Waals surface area contributed by atoms with Crippen LogP contribution in [0.3, 0.4) is 0 Å². The third-order valence-electron chi connectivity index (χ3n) is 4.71. The minimum atomic E-state index is -3.23. The van der Waals surface area contributed by atoms with Crippen molar-refractivity contribution in [1.29, 1.82) is 0 Å².